The molecule has 1 aliphatic heterocycles. The van der Waals surface area contributed by atoms with E-state index in [9.17, 15) is 0 Å². The SMILES string of the molecule is CCC1CCCC(NCc2ccc3c(c2)OCO3)CC1. The molecule has 110 valence electrons. The lowest BCUT2D eigenvalue weighted by atomic mass is 9.98. The van der Waals surface area contributed by atoms with Crippen molar-refractivity contribution in [1.82, 2.24) is 5.32 Å². The molecule has 1 aromatic rings. The van der Waals surface area contributed by atoms with E-state index in [4.69, 9.17) is 9.47 Å². The number of nitrogens with one attached hydrogen (secondary N) is 1. The Hall–Kier alpha value is -1.22. The highest BCUT2D eigenvalue weighted by atomic mass is 16.7. The topological polar surface area (TPSA) is 30.5 Å². The van der Waals surface area contributed by atoms with Crippen molar-refractivity contribution in [2.24, 2.45) is 5.92 Å². The van der Waals surface area contributed by atoms with Crippen molar-refractivity contribution in [3.63, 3.8) is 0 Å². The van der Waals surface area contributed by atoms with E-state index in [0.29, 0.717) is 12.8 Å². The molecule has 2 aliphatic rings. The van der Waals surface area contributed by atoms with E-state index in [-0.39, 0.29) is 0 Å². The van der Waals surface area contributed by atoms with Gasteiger partial charge in [0.25, 0.3) is 0 Å². The number of hydrogen-bond donors (Lipinski definition) is 1. The molecule has 0 bridgehead atoms. The third-order valence-corrected chi connectivity index (χ3v) is 4.70. The molecule has 1 saturated carbocycles. The molecule has 2 unspecified atom stereocenters. The molecule has 3 rings (SSSR count). The van der Waals surface area contributed by atoms with Gasteiger partial charge in [0, 0.05) is 12.6 Å². The van der Waals surface area contributed by atoms with E-state index in [1.807, 2.05) is 6.07 Å². The largest absolute Gasteiger partial charge is 0.454 e. The second-order valence-electron chi connectivity index (χ2n) is 6.05. The number of rotatable bonds is 4. The van der Waals surface area contributed by atoms with Gasteiger partial charge in [-0.05, 0) is 42.9 Å². The standard InChI is InChI=1S/C17H25NO2/c1-2-13-4-3-5-15(8-6-13)18-11-14-7-9-16-17(10-14)20-12-19-16/h7,9-10,13,15,18H,2-6,8,11-12H2,1H3. The average Bonchev–Trinajstić information content (AvgIpc) is 2.82. The van der Waals surface area contributed by atoms with Gasteiger partial charge in [0.1, 0.15) is 0 Å². The quantitative estimate of drug-likeness (QED) is 0.846. The molecule has 1 fully saturated rings. The Morgan fingerprint density at radius 3 is 2.90 bits per heavy atom. The van der Waals surface area contributed by atoms with E-state index in [2.05, 4.69) is 24.4 Å². The van der Waals surface area contributed by atoms with Gasteiger partial charge in [-0.2, -0.15) is 0 Å². The van der Waals surface area contributed by atoms with Crippen LogP contribution in [0.4, 0.5) is 0 Å². The van der Waals surface area contributed by atoms with Gasteiger partial charge in [0.05, 0.1) is 0 Å². The number of ether oxygens (including phenoxy) is 2. The van der Waals surface area contributed by atoms with Crippen LogP contribution >= 0.6 is 0 Å². The maximum Gasteiger partial charge on any atom is 0.231 e. The van der Waals surface area contributed by atoms with E-state index in [1.54, 1.807) is 0 Å². The molecule has 0 radical (unpaired) electrons. The summed E-state index contributed by atoms with van der Waals surface area (Å²) in [6.45, 7) is 3.61. The Bertz CT molecular complexity index is 447. The summed E-state index contributed by atoms with van der Waals surface area (Å²) in [7, 11) is 0. The molecule has 0 saturated heterocycles. The summed E-state index contributed by atoms with van der Waals surface area (Å²) in [5.41, 5.74) is 1.28. The highest BCUT2D eigenvalue weighted by molar-refractivity contribution is 5.44. The van der Waals surface area contributed by atoms with E-state index in [0.717, 1.165) is 24.0 Å². The van der Waals surface area contributed by atoms with Crippen molar-refractivity contribution in [2.75, 3.05) is 6.79 Å². The molecule has 20 heavy (non-hydrogen) atoms. The highest BCUT2D eigenvalue weighted by Crippen LogP contribution is 2.32. The minimum atomic E-state index is 0.354. The van der Waals surface area contributed by atoms with E-state index < -0.39 is 0 Å². The molecular formula is C17H25NO2. The van der Waals surface area contributed by atoms with Crippen molar-refractivity contribution in [2.45, 2.75) is 58.0 Å². The van der Waals surface area contributed by atoms with Gasteiger partial charge in [-0.25, -0.2) is 0 Å². The third kappa shape index (κ3) is 3.26. The second-order valence-corrected chi connectivity index (χ2v) is 6.05. The summed E-state index contributed by atoms with van der Waals surface area (Å²) in [4.78, 5) is 0. The van der Waals surface area contributed by atoms with Gasteiger partial charge in [-0.3, -0.25) is 0 Å². The van der Waals surface area contributed by atoms with Gasteiger partial charge in [-0.15, -0.1) is 0 Å². The molecule has 3 heteroatoms. The molecule has 1 N–H and O–H groups in total. The van der Waals surface area contributed by atoms with Crippen LogP contribution < -0.4 is 14.8 Å². The van der Waals surface area contributed by atoms with Crippen molar-refractivity contribution < 1.29 is 9.47 Å². The second kappa shape index (κ2) is 6.49. The first-order valence-electron chi connectivity index (χ1n) is 7.97. The number of benzene rings is 1. The summed E-state index contributed by atoms with van der Waals surface area (Å²) in [5, 5.41) is 3.72. The fourth-order valence-corrected chi connectivity index (χ4v) is 3.30. The maximum atomic E-state index is 5.43. The normalized spacial score (nSPS) is 25.4. The maximum absolute atomic E-state index is 5.43. The molecule has 1 heterocycles. The van der Waals surface area contributed by atoms with Crippen molar-refractivity contribution in [3.05, 3.63) is 23.8 Å². The summed E-state index contributed by atoms with van der Waals surface area (Å²) in [6, 6.07) is 6.92. The Morgan fingerprint density at radius 2 is 2.00 bits per heavy atom. The van der Waals surface area contributed by atoms with Gasteiger partial charge in [0.15, 0.2) is 11.5 Å². The van der Waals surface area contributed by atoms with Crippen LogP contribution in [0.3, 0.4) is 0 Å². The zero-order valence-corrected chi connectivity index (χ0v) is 12.4. The fraction of sp³-hybridized carbons (Fsp3) is 0.647. The number of fused-ring (bicyclic) bond motifs is 1. The van der Waals surface area contributed by atoms with E-state index >= 15 is 0 Å². The van der Waals surface area contributed by atoms with Gasteiger partial charge < -0.3 is 14.8 Å². The molecule has 0 spiro atoms. The Balaban J connectivity index is 1.51. The first-order chi connectivity index (χ1) is 9.85. The van der Waals surface area contributed by atoms with Crippen LogP contribution in [0, 0.1) is 5.92 Å². The fourth-order valence-electron chi connectivity index (χ4n) is 3.30. The molecule has 0 amide bonds. The van der Waals surface area contributed by atoms with Crippen LogP contribution in [0.1, 0.15) is 51.0 Å². The van der Waals surface area contributed by atoms with Crippen LogP contribution in [0.5, 0.6) is 11.5 Å². The third-order valence-electron chi connectivity index (χ3n) is 4.70. The van der Waals surface area contributed by atoms with Crippen LogP contribution in [0.2, 0.25) is 0 Å². The summed E-state index contributed by atoms with van der Waals surface area (Å²) < 4.78 is 10.8. The Morgan fingerprint density at radius 1 is 1.10 bits per heavy atom. The first-order valence-corrected chi connectivity index (χ1v) is 7.97. The van der Waals surface area contributed by atoms with Gasteiger partial charge >= 0.3 is 0 Å². The lowest BCUT2D eigenvalue weighted by molar-refractivity contribution is 0.174. The smallest absolute Gasteiger partial charge is 0.231 e. The first kappa shape index (κ1) is 13.7. The molecule has 1 aromatic carbocycles. The minimum absolute atomic E-state index is 0.354. The Kier molecular flexibility index (Phi) is 4.46. The molecule has 1 aliphatic carbocycles. The van der Waals surface area contributed by atoms with Crippen LogP contribution in [-0.2, 0) is 6.54 Å². The van der Waals surface area contributed by atoms with Gasteiger partial charge in [0.2, 0.25) is 6.79 Å². The number of hydrogen-bond acceptors (Lipinski definition) is 3. The average molecular weight is 275 g/mol. The minimum Gasteiger partial charge on any atom is -0.454 e. The van der Waals surface area contributed by atoms with Crippen molar-refractivity contribution in [3.8, 4) is 11.5 Å². The van der Waals surface area contributed by atoms with Gasteiger partial charge in [-0.1, -0.05) is 32.3 Å². The highest BCUT2D eigenvalue weighted by Gasteiger charge is 2.18. The summed E-state index contributed by atoms with van der Waals surface area (Å²) in [6.07, 6.45) is 8.16. The molecule has 0 aromatic heterocycles. The lowest BCUT2D eigenvalue weighted by Gasteiger charge is -2.16. The van der Waals surface area contributed by atoms with Crippen molar-refractivity contribution >= 4 is 0 Å². The van der Waals surface area contributed by atoms with Crippen LogP contribution in [-0.4, -0.2) is 12.8 Å². The predicted molar refractivity (Wildman–Crippen MR) is 80.1 cm³/mol. The summed E-state index contributed by atoms with van der Waals surface area (Å²) in [5.74, 6) is 2.71. The van der Waals surface area contributed by atoms with Crippen LogP contribution in [0.25, 0.3) is 0 Å². The van der Waals surface area contributed by atoms with Crippen molar-refractivity contribution in [1.29, 1.82) is 0 Å². The monoisotopic (exact) mass is 275 g/mol. The van der Waals surface area contributed by atoms with E-state index in [1.165, 1.54) is 44.1 Å². The zero-order valence-electron chi connectivity index (χ0n) is 12.4. The van der Waals surface area contributed by atoms with Crippen LogP contribution in [0.15, 0.2) is 18.2 Å². The molecule has 3 nitrogen and oxygen atoms in total. The molecular weight excluding hydrogens is 250 g/mol. The zero-order chi connectivity index (χ0) is 13.8. The Labute approximate surface area is 121 Å². The summed E-state index contributed by atoms with van der Waals surface area (Å²) >= 11 is 0. The molecule has 2 atom stereocenters. The lowest BCUT2D eigenvalue weighted by Crippen LogP contribution is -2.27. The predicted octanol–water partition coefficient (Wildman–Crippen LogP) is 3.86.